The summed E-state index contributed by atoms with van der Waals surface area (Å²) in [6.45, 7) is 1.70. The number of carboxylic acid groups (broad SMARTS) is 4. The van der Waals surface area contributed by atoms with Crippen LogP contribution in [0.1, 0.15) is 46.9 Å². The van der Waals surface area contributed by atoms with Gasteiger partial charge in [-0.3, -0.25) is 9.59 Å². The minimum absolute atomic E-state index is 0.0833. The number of benzene rings is 1. The summed E-state index contributed by atoms with van der Waals surface area (Å²) in [5.74, 6) is -4.28. The van der Waals surface area contributed by atoms with Gasteiger partial charge in [-0.05, 0) is 30.7 Å². The number of aliphatic hydroxyl groups is 2. The first-order valence-corrected chi connectivity index (χ1v) is 6.87. The Bertz CT molecular complexity index is 515. The molecule has 0 radical (unpaired) electrons. The van der Waals surface area contributed by atoms with E-state index in [2.05, 4.69) is 0 Å². The van der Waals surface area contributed by atoms with Crippen molar-refractivity contribution >= 4 is 23.9 Å². The molecule has 0 aliphatic carbocycles. The third-order valence-electron chi connectivity index (χ3n) is 2.30. The highest BCUT2D eigenvalue weighted by molar-refractivity contribution is 5.91. The van der Waals surface area contributed by atoms with Crippen LogP contribution in [-0.4, -0.2) is 60.8 Å². The van der Waals surface area contributed by atoms with Gasteiger partial charge in [0.05, 0.1) is 24.0 Å². The van der Waals surface area contributed by atoms with Crippen molar-refractivity contribution < 1.29 is 49.8 Å². The summed E-state index contributed by atoms with van der Waals surface area (Å²) in [4.78, 5) is 40.0. The first kappa shape index (κ1) is 24.3. The van der Waals surface area contributed by atoms with Gasteiger partial charge in [0.1, 0.15) is 0 Å². The molecule has 0 amide bonds. The van der Waals surface area contributed by atoms with Gasteiger partial charge in [0.2, 0.25) is 0 Å². The average molecular weight is 360 g/mol. The average Bonchev–Trinajstić information content (AvgIpc) is 2.54. The van der Waals surface area contributed by atoms with E-state index in [0.29, 0.717) is 6.42 Å². The Labute approximate surface area is 142 Å². The summed E-state index contributed by atoms with van der Waals surface area (Å²) in [6, 6.07) is 5.02. The molecule has 0 aromatic heterocycles. The summed E-state index contributed by atoms with van der Waals surface area (Å²) < 4.78 is 0. The standard InChI is InChI=1S/C8H6O4.C4H6O4.C3H8O2/c9-7(10)5-1-2-6(4-3-5)8(11)12;5-3(6)1-2-4(7)8;1-2-3(4)5/h1-4H,(H,9,10)(H,11,12);1-2H2,(H,5,6)(H,7,8);3-5H,2H2,1H3. The third kappa shape index (κ3) is 15.7. The number of aromatic carboxylic acids is 2. The quantitative estimate of drug-likeness (QED) is 0.394. The van der Waals surface area contributed by atoms with E-state index in [0.717, 1.165) is 0 Å². The lowest BCUT2D eigenvalue weighted by atomic mass is 10.1. The van der Waals surface area contributed by atoms with E-state index in [-0.39, 0.29) is 24.0 Å². The molecule has 10 heteroatoms. The zero-order valence-corrected chi connectivity index (χ0v) is 13.3. The van der Waals surface area contributed by atoms with E-state index in [1.807, 2.05) is 0 Å². The predicted octanol–water partition coefficient (Wildman–Crippen LogP) is 0.726. The molecule has 0 aliphatic heterocycles. The Kier molecular flexibility index (Phi) is 13.1. The number of carboxylic acids is 4. The maximum Gasteiger partial charge on any atom is 0.335 e. The van der Waals surface area contributed by atoms with Crippen LogP contribution in [0.15, 0.2) is 24.3 Å². The van der Waals surface area contributed by atoms with Crippen LogP contribution in [0.25, 0.3) is 0 Å². The lowest BCUT2D eigenvalue weighted by molar-refractivity contribution is -0.143. The first-order chi connectivity index (χ1) is 11.5. The summed E-state index contributed by atoms with van der Waals surface area (Å²) >= 11 is 0. The molecule has 0 bridgehead atoms. The van der Waals surface area contributed by atoms with Gasteiger partial charge in [0, 0.05) is 0 Å². The lowest BCUT2D eigenvalue weighted by Gasteiger charge is -1.94. The summed E-state index contributed by atoms with van der Waals surface area (Å²) in [6.07, 6.45) is -1.29. The SMILES string of the molecule is CCC(O)O.O=C(O)CCC(=O)O.O=C(O)c1ccc(C(=O)O)cc1. The van der Waals surface area contributed by atoms with Gasteiger partial charge in [0.15, 0.2) is 6.29 Å². The molecule has 6 N–H and O–H groups in total. The maximum absolute atomic E-state index is 10.3. The molecule has 1 aromatic carbocycles. The normalized spacial score (nSPS) is 9.12. The molecule has 0 spiro atoms. The third-order valence-corrected chi connectivity index (χ3v) is 2.30. The fraction of sp³-hybridized carbons (Fsp3) is 0.333. The number of rotatable bonds is 6. The lowest BCUT2D eigenvalue weighted by Crippen LogP contribution is -2.00. The van der Waals surface area contributed by atoms with E-state index in [1.54, 1.807) is 6.92 Å². The van der Waals surface area contributed by atoms with Crippen LogP contribution < -0.4 is 0 Å². The minimum Gasteiger partial charge on any atom is -0.481 e. The van der Waals surface area contributed by atoms with Crippen molar-refractivity contribution in [3.05, 3.63) is 35.4 Å². The second-order valence-electron chi connectivity index (χ2n) is 4.36. The summed E-state index contributed by atoms with van der Waals surface area (Å²) in [5.41, 5.74) is 0.167. The Hall–Kier alpha value is -2.98. The molecule has 0 atom stereocenters. The number of aliphatic carboxylic acids is 2. The summed E-state index contributed by atoms with van der Waals surface area (Å²) in [5, 5.41) is 48.6. The molecule has 1 aromatic rings. The molecule has 25 heavy (non-hydrogen) atoms. The zero-order chi connectivity index (χ0) is 20.0. The maximum atomic E-state index is 10.3. The molecule has 140 valence electrons. The van der Waals surface area contributed by atoms with Crippen molar-refractivity contribution in [3.63, 3.8) is 0 Å². The van der Waals surface area contributed by atoms with Crippen LogP contribution in [-0.2, 0) is 9.59 Å². The highest BCUT2D eigenvalue weighted by Crippen LogP contribution is 2.03. The van der Waals surface area contributed by atoms with E-state index in [1.165, 1.54) is 24.3 Å². The van der Waals surface area contributed by atoms with Crippen molar-refractivity contribution in [1.29, 1.82) is 0 Å². The van der Waals surface area contributed by atoms with Crippen LogP contribution >= 0.6 is 0 Å². The van der Waals surface area contributed by atoms with Crippen molar-refractivity contribution in [3.8, 4) is 0 Å². The van der Waals surface area contributed by atoms with E-state index < -0.39 is 30.2 Å². The molecule has 0 fully saturated rings. The van der Waals surface area contributed by atoms with Crippen molar-refractivity contribution in [2.24, 2.45) is 0 Å². The predicted molar refractivity (Wildman–Crippen MR) is 83.4 cm³/mol. The molecule has 10 nitrogen and oxygen atoms in total. The van der Waals surface area contributed by atoms with Crippen LogP contribution in [0.3, 0.4) is 0 Å². The second-order valence-corrected chi connectivity index (χ2v) is 4.36. The highest BCUT2D eigenvalue weighted by atomic mass is 16.5. The van der Waals surface area contributed by atoms with Crippen molar-refractivity contribution in [2.45, 2.75) is 32.5 Å². The first-order valence-electron chi connectivity index (χ1n) is 6.87. The number of hydrogen-bond acceptors (Lipinski definition) is 6. The smallest absolute Gasteiger partial charge is 0.335 e. The van der Waals surface area contributed by atoms with Gasteiger partial charge in [-0.25, -0.2) is 9.59 Å². The van der Waals surface area contributed by atoms with Gasteiger partial charge < -0.3 is 30.6 Å². The number of carbonyl (C=O) groups is 4. The van der Waals surface area contributed by atoms with Gasteiger partial charge in [0.25, 0.3) is 0 Å². The molecule has 0 unspecified atom stereocenters. The van der Waals surface area contributed by atoms with Crippen molar-refractivity contribution in [2.75, 3.05) is 0 Å². The van der Waals surface area contributed by atoms with Crippen LogP contribution in [0.2, 0.25) is 0 Å². The Morgan fingerprint density at radius 1 is 0.760 bits per heavy atom. The van der Waals surface area contributed by atoms with Crippen LogP contribution in [0.5, 0.6) is 0 Å². The molecule has 0 saturated carbocycles. The Morgan fingerprint density at radius 2 is 1.00 bits per heavy atom. The number of aliphatic hydroxyl groups excluding tert-OH is 1. The van der Waals surface area contributed by atoms with E-state index >= 15 is 0 Å². The topological polar surface area (TPSA) is 190 Å². The summed E-state index contributed by atoms with van der Waals surface area (Å²) in [7, 11) is 0. The molecular weight excluding hydrogens is 340 g/mol. The minimum atomic E-state index is -1.12. The number of hydrogen-bond donors (Lipinski definition) is 6. The monoisotopic (exact) mass is 360 g/mol. The molecular formula is C15H20O10. The van der Waals surface area contributed by atoms with Crippen molar-refractivity contribution in [1.82, 2.24) is 0 Å². The van der Waals surface area contributed by atoms with Crippen LogP contribution in [0, 0.1) is 0 Å². The molecule has 0 aliphatic rings. The zero-order valence-electron chi connectivity index (χ0n) is 13.3. The van der Waals surface area contributed by atoms with E-state index in [9.17, 15) is 19.2 Å². The fourth-order valence-electron chi connectivity index (χ4n) is 0.969. The molecule has 0 heterocycles. The van der Waals surface area contributed by atoms with E-state index in [4.69, 9.17) is 30.6 Å². The van der Waals surface area contributed by atoms with Gasteiger partial charge in [-0.2, -0.15) is 0 Å². The fourth-order valence-corrected chi connectivity index (χ4v) is 0.969. The van der Waals surface area contributed by atoms with Gasteiger partial charge >= 0.3 is 23.9 Å². The van der Waals surface area contributed by atoms with Crippen LogP contribution in [0.4, 0.5) is 0 Å². The molecule has 1 rings (SSSR count). The largest absolute Gasteiger partial charge is 0.481 e. The molecule has 0 saturated heterocycles. The van der Waals surface area contributed by atoms with Gasteiger partial charge in [-0.1, -0.05) is 6.92 Å². The second kappa shape index (κ2) is 13.5. The van der Waals surface area contributed by atoms with Gasteiger partial charge in [-0.15, -0.1) is 0 Å². The Morgan fingerprint density at radius 3 is 1.12 bits per heavy atom. The Balaban J connectivity index is 0. The highest BCUT2D eigenvalue weighted by Gasteiger charge is 2.04.